The molecule has 0 fully saturated rings. The van der Waals surface area contributed by atoms with E-state index in [-0.39, 0.29) is 0 Å². The summed E-state index contributed by atoms with van der Waals surface area (Å²) in [6.45, 7) is 3.59. The van der Waals surface area contributed by atoms with Gasteiger partial charge in [0.15, 0.2) is 0 Å². The summed E-state index contributed by atoms with van der Waals surface area (Å²) in [6, 6.07) is 3.36. The zero-order valence-corrected chi connectivity index (χ0v) is 11.3. The van der Waals surface area contributed by atoms with E-state index in [4.69, 9.17) is 0 Å². The maximum atomic E-state index is 13.4. The Morgan fingerprint density at radius 2 is 1.88 bits per heavy atom. The zero-order valence-electron chi connectivity index (χ0n) is 9.69. The van der Waals surface area contributed by atoms with E-state index in [1.807, 2.05) is 0 Å². The fourth-order valence-corrected chi connectivity index (χ4v) is 2.37. The molecule has 0 saturated carbocycles. The summed E-state index contributed by atoms with van der Waals surface area (Å²) in [5.41, 5.74) is -1.05. The molecule has 1 aromatic carbocycles. The van der Waals surface area contributed by atoms with Crippen LogP contribution in [0.3, 0.4) is 0 Å². The van der Waals surface area contributed by atoms with E-state index in [1.54, 1.807) is 13.8 Å². The van der Waals surface area contributed by atoms with E-state index in [0.717, 1.165) is 12.1 Å². The van der Waals surface area contributed by atoms with Crippen LogP contribution in [0.15, 0.2) is 18.2 Å². The van der Waals surface area contributed by atoms with Gasteiger partial charge in [-0.05, 0) is 32.4 Å². The Hall–Kier alpha value is -0.970. The Morgan fingerprint density at radius 1 is 1.35 bits per heavy atom. The molecule has 0 atom stereocenters. The first-order chi connectivity index (χ1) is 7.87. The van der Waals surface area contributed by atoms with Crippen LogP contribution in [0.4, 0.5) is 8.78 Å². The summed E-state index contributed by atoms with van der Waals surface area (Å²) in [5, 5.41) is 3.30. The Balaban J connectivity index is 2.91. The maximum Gasteiger partial charge on any atom is 0.257 e. The summed E-state index contributed by atoms with van der Waals surface area (Å²) >= 11 is 3.26. The van der Waals surface area contributed by atoms with Crippen LogP contribution >= 0.6 is 15.9 Å². The fraction of sp³-hybridized carbons (Fsp3) is 0.417. The van der Waals surface area contributed by atoms with Crippen molar-refractivity contribution in [2.75, 3.05) is 5.33 Å². The van der Waals surface area contributed by atoms with Gasteiger partial charge in [-0.2, -0.15) is 0 Å². The van der Waals surface area contributed by atoms with Crippen molar-refractivity contribution in [3.8, 4) is 0 Å². The molecule has 5 heteroatoms. The maximum absolute atomic E-state index is 13.4. The molecule has 0 aliphatic carbocycles. The van der Waals surface area contributed by atoms with Gasteiger partial charge in [0.25, 0.3) is 5.91 Å². The summed E-state index contributed by atoms with van der Waals surface area (Å²) in [4.78, 5) is 11.8. The van der Waals surface area contributed by atoms with Gasteiger partial charge in [0.2, 0.25) is 0 Å². The second-order valence-electron chi connectivity index (χ2n) is 4.37. The minimum Gasteiger partial charge on any atom is -0.347 e. The van der Waals surface area contributed by atoms with Crippen LogP contribution < -0.4 is 5.32 Å². The van der Waals surface area contributed by atoms with Crippen LogP contribution in [0.25, 0.3) is 0 Å². The number of nitrogens with one attached hydrogen (secondary N) is 1. The number of amides is 1. The smallest absolute Gasteiger partial charge is 0.257 e. The minimum atomic E-state index is -0.850. The Morgan fingerprint density at radius 3 is 2.35 bits per heavy atom. The SMILES string of the molecule is CC(C)(CCBr)NC(=O)c1c(F)cccc1F. The molecule has 0 aliphatic heterocycles. The van der Waals surface area contributed by atoms with Crippen molar-refractivity contribution in [1.29, 1.82) is 0 Å². The molecule has 0 aromatic heterocycles. The van der Waals surface area contributed by atoms with Crippen molar-refractivity contribution in [2.45, 2.75) is 25.8 Å². The van der Waals surface area contributed by atoms with Gasteiger partial charge < -0.3 is 5.32 Å². The first-order valence-electron chi connectivity index (χ1n) is 5.20. The van der Waals surface area contributed by atoms with Crippen LogP contribution in [0.5, 0.6) is 0 Å². The molecule has 1 rings (SSSR count). The fourth-order valence-electron chi connectivity index (χ4n) is 1.38. The molecule has 0 radical (unpaired) electrons. The lowest BCUT2D eigenvalue weighted by atomic mass is 10.0. The number of benzene rings is 1. The summed E-state index contributed by atoms with van der Waals surface area (Å²) < 4.78 is 26.7. The van der Waals surface area contributed by atoms with Gasteiger partial charge in [0.05, 0.1) is 0 Å². The molecule has 94 valence electrons. The summed E-state index contributed by atoms with van der Waals surface area (Å²) in [5.74, 6) is -2.43. The van der Waals surface area contributed by atoms with Gasteiger partial charge in [0, 0.05) is 10.9 Å². The van der Waals surface area contributed by atoms with Gasteiger partial charge in [-0.3, -0.25) is 4.79 Å². The minimum absolute atomic E-state index is 0.519. The van der Waals surface area contributed by atoms with E-state index >= 15 is 0 Å². The van der Waals surface area contributed by atoms with Gasteiger partial charge in [-0.25, -0.2) is 8.78 Å². The third-order valence-electron chi connectivity index (χ3n) is 2.36. The lowest BCUT2D eigenvalue weighted by molar-refractivity contribution is 0.0903. The van der Waals surface area contributed by atoms with Crippen LogP contribution in [-0.4, -0.2) is 16.8 Å². The first kappa shape index (κ1) is 14.1. The van der Waals surface area contributed by atoms with Crippen molar-refractivity contribution in [3.05, 3.63) is 35.4 Å². The standard InChI is InChI=1S/C12H14BrF2NO/c1-12(2,6-7-13)16-11(17)10-8(14)4-3-5-9(10)15/h3-5H,6-7H2,1-2H3,(H,16,17). The number of hydrogen-bond donors (Lipinski definition) is 1. The Labute approximate surface area is 108 Å². The average Bonchev–Trinajstić information content (AvgIpc) is 2.15. The van der Waals surface area contributed by atoms with E-state index in [1.165, 1.54) is 6.07 Å². The summed E-state index contributed by atoms with van der Waals surface area (Å²) in [7, 11) is 0. The highest BCUT2D eigenvalue weighted by Crippen LogP contribution is 2.15. The molecular weight excluding hydrogens is 292 g/mol. The molecule has 0 bridgehead atoms. The van der Waals surface area contributed by atoms with Gasteiger partial charge in [0.1, 0.15) is 17.2 Å². The van der Waals surface area contributed by atoms with Crippen molar-refractivity contribution < 1.29 is 13.6 Å². The van der Waals surface area contributed by atoms with Crippen LogP contribution in [-0.2, 0) is 0 Å². The molecular formula is C12H14BrF2NO. The molecule has 0 saturated heterocycles. The third kappa shape index (κ3) is 3.77. The summed E-state index contributed by atoms with van der Waals surface area (Å²) in [6.07, 6.45) is 0.662. The predicted octanol–water partition coefficient (Wildman–Crippen LogP) is 3.26. The molecule has 0 unspecified atom stereocenters. The first-order valence-corrected chi connectivity index (χ1v) is 6.32. The topological polar surface area (TPSA) is 29.1 Å². The average molecular weight is 306 g/mol. The lowest BCUT2D eigenvalue weighted by Crippen LogP contribution is -2.44. The van der Waals surface area contributed by atoms with Gasteiger partial charge in [-0.15, -0.1) is 0 Å². The number of rotatable bonds is 4. The molecule has 0 heterocycles. The second-order valence-corrected chi connectivity index (χ2v) is 5.17. The predicted molar refractivity (Wildman–Crippen MR) is 66.3 cm³/mol. The lowest BCUT2D eigenvalue weighted by Gasteiger charge is -2.25. The number of carbonyl (C=O) groups is 1. The van der Waals surface area contributed by atoms with E-state index in [0.29, 0.717) is 11.8 Å². The number of alkyl halides is 1. The molecule has 1 aromatic rings. The quantitative estimate of drug-likeness (QED) is 0.850. The zero-order chi connectivity index (χ0) is 13.1. The Kier molecular flexibility index (Phi) is 4.62. The molecule has 17 heavy (non-hydrogen) atoms. The molecule has 0 spiro atoms. The number of hydrogen-bond acceptors (Lipinski definition) is 1. The number of carbonyl (C=O) groups excluding carboxylic acids is 1. The highest BCUT2D eigenvalue weighted by molar-refractivity contribution is 9.09. The molecule has 0 aliphatic rings. The highest BCUT2D eigenvalue weighted by Gasteiger charge is 2.24. The van der Waals surface area contributed by atoms with E-state index in [9.17, 15) is 13.6 Å². The van der Waals surface area contributed by atoms with Crippen molar-refractivity contribution in [3.63, 3.8) is 0 Å². The number of halogens is 3. The van der Waals surface area contributed by atoms with E-state index in [2.05, 4.69) is 21.2 Å². The monoisotopic (exact) mass is 305 g/mol. The van der Waals surface area contributed by atoms with Crippen LogP contribution in [0.2, 0.25) is 0 Å². The normalized spacial score (nSPS) is 11.4. The van der Waals surface area contributed by atoms with Crippen molar-refractivity contribution >= 4 is 21.8 Å². The van der Waals surface area contributed by atoms with E-state index < -0.39 is 28.6 Å². The molecule has 2 nitrogen and oxygen atoms in total. The second kappa shape index (κ2) is 5.58. The largest absolute Gasteiger partial charge is 0.347 e. The van der Waals surface area contributed by atoms with Crippen LogP contribution in [0, 0.1) is 11.6 Å². The van der Waals surface area contributed by atoms with Gasteiger partial charge in [-0.1, -0.05) is 22.0 Å². The Bertz CT molecular complexity index is 401. The van der Waals surface area contributed by atoms with Gasteiger partial charge >= 0.3 is 0 Å². The van der Waals surface area contributed by atoms with Crippen molar-refractivity contribution in [2.24, 2.45) is 0 Å². The van der Waals surface area contributed by atoms with Crippen LogP contribution in [0.1, 0.15) is 30.6 Å². The van der Waals surface area contributed by atoms with Crippen molar-refractivity contribution in [1.82, 2.24) is 5.32 Å². The highest BCUT2D eigenvalue weighted by atomic mass is 79.9. The molecule has 1 N–H and O–H groups in total. The third-order valence-corrected chi connectivity index (χ3v) is 2.76. The molecule has 1 amide bonds.